The van der Waals surface area contributed by atoms with E-state index in [2.05, 4.69) is 98.2 Å². The Labute approximate surface area is 232 Å². The van der Waals surface area contributed by atoms with Crippen molar-refractivity contribution in [3.8, 4) is 0 Å². The fraction of sp³-hybridized carbons (Fsp3) is 0.323. The number of allylic oxidation sites excluding steroid dienone is 1. The van der Waals surface area contributed by atoms with Crippen LogP contribution in [0.5, 0.6) is 0 Å². The van der Waals surface area contributed by atoms with E-state index in [1.165, 1.54) is 23.5 Å². The SMILES string of the molecule is CCN(CC)c1ccc(/C=C/C2=NN(c3ccc(P(=O)(O)O)cc3)C(c3ccc(N(CC)CC)cc3)C2)cc1. The molecule has 1 aliphatic rings. The molecule has 8 heteroatoms. The Morgan fingerprint density at radius 1 is 0.795 bits per heavy atom. The highest BCUT2D eigenvalue weighted by atomic mass is 31.2. The lowest BCUT2D eigenvalue weighted by Gasteiger charge is -2.26. The van der Waals surface area contributed by atoms with E-state index in [9.17, 15) is 14.4 Å². The van der Waals surface area contributed by atoms with Crippen LogP contribution < -0.4 is 20.1 Å². The van der Waals surface area contributed by atoms with Crippen LogP contribution in [0.1, 0.15) is 51.3 Å². The molecule has 1 heterocycles. The number of hydrazone groups is 1. The molecule has 206 valence electrons. The van der Waals surface area contributed by atoms with Crippen molar-refractivity contribution in [2.75, 3.05) is 41.0 Å². The summed E-state index contributed by atoms with van der Waals surface area (Å²) in [5.41, 5.74) is 6.39. The van der Waals surface area contributed by atoms with Gasteiger partial charge >= 0.3 is 7.60 Å². The lowest BCUT2D eigenvalue weighted by molar-refractivity contribution is 0.387. The molecule has 0 fully saturated rings. The van der Waals surface area contributed by atoms with Gasteiger partial charge in [-0.1, -0.05) is 30.3 Å². The zero-order chi connectivity index (χ0) is 28.0. The van der Waals surface area contributed by atoms with Gasteiger partial charge in [-0.05, 0) is 93.4 Å². The smallest absolute Gasteiger partial charge is 0.356 e. The Morgan fingerprint density at radius 3 is 1.79 bits per heavy atom. The van der Waals surface area contributed by atoms with Crippen LogP contribution in [0.25, 0.3) is 6.08 Å². The number of rotatable bonds is 11. The van der Waals surface area contributed by atoms with Crippen LogP contribution in [-0.4, -0.2) is 41.7 Å². The molecule has 7 nitrogen and oxygen atoms in total. The molecule has 0 spiro atoms. The van der Waals surface area contributed by atoms with Crippen LogP contribution in [-0.2, 0) is 4.57 Å². The Hall–Kier alpha value is -3.38. The Balaban J connectivity index is 1.61. The van der Waals surface area contributed by atoms with E-state index in [1.54, 1.807) is 12.1 Å². The van der Waals surface area contributed by atoms with E-state index >= 15 is 0 Å². The van der Waals surface area contributed by atoms with E-state index in [-0.39, 0.29) is 11.3 Å². The van der Waals surface area contributed by atoms with Crippen molar-refractivity contribution in [1.29, 1.82) is 0 Å². The van der Waals surface area contributed by atoms with Gasteiger partial charge in [0, 0.05) is 44.0 Å². The van der Waals surface area contributed by atoms with E-state index in [1.807, 2.05) is 5.01 Å². The lowest BCUT2D eigenvalue weighted by Crippen LogP contribution is -2.22. The molecule has 0 amide bonds. The highest BCUT2D eigenvalue weighted by Crippen LogP contribution is 2.38. The summed E-state index contributed by atoms with van der Waals surface area (Å²) in [6, 6.07) is 23.6. The molecule has 3 aromatic rings. The average molecular weight is 547 g/mol. The molecule has 3 aromatic carbocycles. The molecule has 39 heavy (non-hydrogen) atoms. The normalized spacial score (nSPS) is 15.6. The second-order valence-electron chi connectivity index (χ2n) is 9.58. The fourth-order valence-electron chi connectivity index (χ4n) is 5.00. The van der Waals surface area contributed by atoms with E-state index in [4.69, 9.17) is 5.10 Å². The summed E-state index contributed by atoms with van der Waals surface area (Å²) in [6.45, 7) is 12.5. The summed E-state index contributed by atoms with van der Waals surface area (Å²) in [4.78, 5) is 23.7. The minimum absolute atomic E-state index is 0.00262. The monoisotopic (exact) mass is 546 g/mol. The maximum atomic E-state index is 11.7. The maximum Gasteiger partial charge on any atom is 0.356 e. The molecule has 4 rings (SSSR count). The Kier molecular flexibility index (Phi) is 9.28. The molecular weight excluding hydrogens is 507 g/mol. The van der Waals surface area contributed by atoms with Crippen molar-refractivity contribution in [2.24, 2.45) is 5.10 Å². The van der Waals surface area contributed by atoms with Gasteiger partial charge in [0.15, 0.2) is 0 Å². The number of hydrogen-bond donors (Lipinski definition) is 2. The summed E-state index contributed by atoms with van der Waals surface area (Å²) < 4.78 is 11.7. The highest BCUT2D eigenvalue weighted by Gasteiger charge is 2.29. The molecule has 0 aromatic heterocycles. The van der Waals surface area contributed by atoms with Crippen LogP contribution in [0.4, 0.5) is 17.1 Å². The van der Waals surface area contributed by atoms with Gasteiger partial charge in [0.25, 0.3) is 0 Å². The number of benzene rings is 3. The third-order valence-electron chi connectivity index (χ3n) is 7.28. The standard InChI is InChI=1S/C31H39N4O3P/c1-5-33(6-2)27-15-10-24(11-16-27)9-14-26-23-31(25-12-17-28(18-13-25)34(7-3)8-4)35(32-26)29-19-21-30(22-20-29)39(36,37)38/h9-22,31H,5-8,23H2,1-4H3,(H2,36,37,38)/b14-9+. The van der Waals surface area contributed by atoms with Gasteiger partial charge in [-0.3, -0.25) is 9.57 Å². The van der Waals surface area contributed by atoms with Gasteiger partial charge in [-0.2, -0.15) is 5.10 Å². The number of hydrogen-bond acceptors (Lipinski definition) is 5. The van der Waals surface area contributed by atoms with Crippen molar-refractivity contribution >= 4 is 41.8 Å². The summed E-state index contributed by atoms with van der Waals surface area (Å²) in [7, 11) is -4.31. The first kappa shape index (κ1) is 28.6. The van der Waals surface area contributed by atoms with Crippen LogP contribution in [0.3, 0.4) is 0 Å². The topological polar surface area (TPSA) is 79.6 Å². The van der Waals surface area contributed by atoms with Crippen molar-refractivity contribution in [2.45, 2.75) is 40.2 Å². The minimum Gasteiger partial charge on any atom is -0.372 e. The lowest BCUT2D eigenvalue weighted by atomic mass is 10.00. The molecule has 0 aliphatic carbocycles. The van der Waals surface area contributed by atoms with Crippen LogP contribution >= 0.6 is 7.60 Å². The predicted molar refractivity (Wildman–Crippen MR) is 164 cm³/mol. The fourth-order valence-corrected chi connectivity index (χ4v) is 5.54. The first-order chi connectivity index (χ1) is 18.8. The number of nitrogens with zero attached hydrogens (tertiary/aromatic N) is 4. The first-order valence-corrected chi connectivity index (χ1v) is 15.3. The molecular formula is C31H39N4O3P. The van der Waals surface area contributed by atoms with Gasteiger partial charge < -0.3 is 19.6 Å². The summed E-state index contributed by atoms with van der Waals surface area (Å²) in [6.07, 6.45) is 4.87. The maximum absolute atomic E-state index is 11.7. The third-order valence-corrected chi connectivity index (χ3v) is 8.25. The second kappa shape index (κ2) is 12.6. The van der Waals surface area contributed by atoms with Gasteiger partial charge in [-0.15, -0.1) is 0 Å². The molecule has 0 saturated heterocycles. The molecule has 0 radical (unpaired) electrons. The predicted octanol–water partition coefficient (Wildman–Crippen LogP) is 6.20. The Morgan fingerprint density at radius 2 is 1.31 bits per heavy atom. The highest BCUT2D eigenvalue weighted by molar-refractivity contribution is 7.60. The number of anilines is 3. The third kappa shape index (κ3) is 6.80. The zero-order valence-corrected chi connectivity index (χ0v) is 24.1. The summed E-state index contributed by atoms with van der Waals surface area (Å²) in [5.74, 6) is 0. The molecule has 0 bridgehead atoms. The summed E-state index contributed by atoms with van der Waals surface area (Å²) >= 11 is 0. The van der Waals surface area contributed by atoms with E-state index < -0.39 is 7.60 Å². The van der Waals surface area contributed by atoms with Gasteiger partial charge in [-0.25, -0.2) is 0 Å². The zero-order valence-electron chi connectivity index (χ0n) is 23.2. The quantitative estimate of drug-likeness (QED) is 0.279. The van der Waals surface area contributed by atoms with Gasteiger partial charge in [0.2, 0.25) is 0 Å². The van der Waals surface area contributed by atoms with Gasteiger partial charge in [0.1, 0.15) is 0 Å². The van der Waals surface area contributed by atoms with Crippen molar-refractivity contribution in [1.82, 2.24) is 0 Å². The van der Waals surface area contributed by atoms with Crippen molar-refractivity contribution in [3.05, 3.63) is 90.0 Å². The van der Waals surface area contributed by atoms with Crippen LogP contribution in [0, 0.1) is 0 Å². The molecule has 1 atom stereocenters. The first-order valence-electron chi connectivity index (χ1n) is 13.7. The molecule has 0 saturated carbocycles. The average Bonchev–Trinajstić information content (AvgIpc) is 3.38. The molecule has 1 aliphatic heterocycles. The van der Waals surface area contributed by atoms with E-state index in [0.29, 0.717) is 0 Å². The van der Waals surface area contributed by atoms with Crippen molar-refractivity contribution < 1.29 is 14.4 Å². The Bertz CT molecular complexity index is 1320. The largest absolute Gasteiger partial charge is 0.372 e. The molecule has 1 unspecified atom stereocenters. The van der Waals surface area contributed by atoms with Gasteiger partial charge in [0.05, 0.1) is 22.7 Å². The van der Waals surface area contributed by atoms with Crippen LogP contribution in [0.15, 0.2) is 84.0 Å². The second-order valence-corrected chi connectivity index (χ2v) is 11.2. The van der Waals surface area contributed by atoms with Crippen molar-refractivity contribution in [3.63, 3.8) is 0 Å². The van der Waals surface area contributed by atoms with Crippen LogP contribution in [0.2, 0.25) is 0 Å². The summed E-state index contributed by atoms with van der Waals surface area (Å²) in [5, 5.41) is 6.90. The minimum atomic E-state index is -4.31. The van der Waals surface area contributed by atoms with E-state index in [0.717, 1.165) is 55.1 Å². The molecule has 2 N–H and O–H groups in total.